The Morgan fingerprint density at radius 3 is 2.50 bits per heavy atom. The number of amides is 1. The molecule has 1 atom stereocenters. The molecule has 1 heterocycles. The van der Waals surface area contributed by atoms with Crippen molar-refractivity contribution in [2.75, 3.05) is 19.3 Å². The fraction of sp³-hybridized carbons (Fsp3) is 0.417. The smallest absolute Gasteiger partial charge is 0.255 e. The molecule has 0 radical (unpaired) electrons. The molecule has 0 aromatic heterocycles. The van der Waals surface area contributed by atoms with Gasteiger partial charge < -0.3 is 10.6 Å². The molecule has 0 aliphatic carbocycles. The first-order chi connectivity index (χ1) is 9.20. The van der Waals surface area contributed by atoms with Crippen molar-refractivity contribution in [2.45, 2.75) is 17.4 Å². The van der Waals surface area contributed by atoms with E-state index in [4.69, 9.17) is 28.9 Å². The van der Waals surface area contributed by atoms with Gasteiger partial charge in [0.15, 0.2) is 9.84 Å². The number of rotatable bonds is 2. The third-order valence-electron chi connectivity index (χ3n) is 3.16. The Balaban J connectivity index is 2.44. The van der Waals surface area contributed by atoms with Crippen LogP contribution >= 0.6 is 23.2 Å². The molecule has 1 fully saturated rings. The molecule has 1 aliphatic heterocycles. The molecule has 0 bridgehead atoms. The van der Waals surface area contributed by atoms with Crippen molar-refractivity contribution in [3.05, 3.63) is 27.7 Å². The molecule has 8 heteroatoms. The number of hydrogen-bond donors (Lipinski definition) is 1. The van der Waals surface area contributed by atoms with Crippen LogP contribution in [0.25, 0.3) is 0 Å². The number of nitrogens with two attached hydrogens (primary N) is 1. The molecule has 2 N–H and O–H groups in total. The Bertz CT molecular complexity index is 661. The maximum absolute atomic E-state index is 12.4. The molecule has 2 rings (SSSR count). The molecule has 1 saturated heterocycles. The summed E-state index contributed by atoms with van der Waals surface area (Å²) in [5, 5.41) is 0.139. The first-order valence-electron chi connectivity index (χ1n) is 5.94. The lowest BCUT2D eigenvalue weighted by molar-refractivity contribution is 0.0791. The van der Waals surface area contributed by atoms with E-state index < -0.39 is 9.84 Å². The Labute approximate surface area is 127 Å². The Morgan fingerprint density at radius 2 is 2.00 bits per heavy atom. The number of carbonyl (C=O) groups is 1. The highest BCUT2D eigenvalue weighted by Crippen LogP contribution is 2.30. The van der Waals surface area contributed by atoms with Gasteiger partial charge in [-0.15, -0.1) is 0 Å². The summed E-state index contributed by atoms with van der Waals surface area (Å²) in [6, 6.07) is 2.45. The van der Waals surface area contributed by atoms with Gasteiger partial charge in [0.05, 0.1) is 20.5 Å². The molecular weight excluding hydrogens is 323 g/mol. The lowest BCUT2D eigenvalue weighted by Gasteiger charge is -2.17. The van der Waals surface area contributed by atoms with Gasteiger partial charge in [0.25, 0.3) is 5.91 Å². The largest absolute Gasteiger partial charge is 0.337 e. The molecule has 20 heavy (non-hydrogen) atoms. The summed E-state index contributed by atoms with van der Waals surface area (Å²) in [4.78, 5) is 13.8. The van der Waals surface area contributed by atoms with Gasteiger partial charge in [-0.3, -0.25) is 4.79 Å². The lowest BCUT2D eigenvalue weighted by Crippen LogP contribution is -2.32. The Morgan fingerprint density at radius 1 is 1.35 bits per heavy atom. The summed E-state index contributed by atoms with van der Waals surface area (Å²) in [7, 11) is -3.53. The Kier molecular flexibility index (Phi) is 4.30. The van der Waals surface area contributed by atoms with Crippen molar-refractivity contribution in [3.63, 3.8) is 0 Å². The van der Waals surface area contributed by atoms with Crippen LogP contribution in [0.15, 0.2) is 17.0 Å². The van der Waals surface area contributed by atoms with Crippen LogP contribution in [0.2, 0.25) is 10.0 Å². The lowest BCUT2D eigenvalue weighted by atomic mass is 10.2. The summed E-state index contributed by atoms with van der Waals surface area (Å²) in [5.74, 6) is -0.329. The van der Waals surface area contributed by atoms with Crippen LogP contribution in [0.3, 0.4) is 0 Å². The van der Waals surface area contributed by atoms with Gasteiger partial charge in [0.1, 0.15) is 0 Å². The van der Waals surface area contributed by atoms with Gasteiger partial charge in [-0.2, -0.15) is 0 Å². The quantitative estimate of drug-likeness (QED) is 0.888. The SMILES string of the molecule is CS(=O)(=O)c1cc(C(=O)N2CC[C@@H](N)C2)c(Cl)cc1Cl. The maximum atomic E-state index is 12.4. The van der Waals surface area contributed by atoms with E-state index in [1.54, 1.807) is 4.90 Å². The second kappa shape index (κ2) is 5.52. The zero-order valence-electron chi connectivity index (χ0n) is 10.8. The van der Waals surface area contributed by atoms with Crippen LogP contribution in [0.1, 0.15) is 16.8 Å². The summed E-state index contributed by atoms with van der Waals surface area (Å²) < 4.78 is 23.3. The first-order valence-corrected chi connectivity index (χ1v) is 8.59. The van der Waals surface area contributed by atoms with Crippen LogP contribution in [-0.2, 0) is 9.84 Å². The second-order valence-corrected chi connectivity index (χ2v) is 7.63. The molecule has 1 aromatic carbocycles. The van der Waals surface area contributed by atoms with E-state index in [2.05, 4.69) is 0 Å². The third kappa shape index (κ3) is 3.09. The maximum Gasteiger partial charge on any atom is 0.255 e. The first kappa shape index (κ1) is 15.6. The van der Waals surface area contributed by atoms with E-state index in [0.717, 1.165) is 12.7 Å². The van der Waals surface area contributed by atoms with Crippen molar-refractivity contribution >= 4 is 38.9 Å². The van der Waals surface area contributed by atoms with E-state index in [-0.39, 0.29) is 32.5 Å². The summed E-state index contributed by atoms with van der Waals surface area (Å²) in [6.45, 7) is 0.971. The highest BCUT2D eigenvalue weighted by Gasteiger charge is 2.27. The van der Waals surface area contributed by atoms with Crippen LogP contribution < -0.4 is 5.73 Å². The summed E-state index contributed by atoms with van der Waals surface area (Å²) >= 11 is 11.9. The number of carbonyl (C=O) groups excluding carboxylic acids is 1. The second-order valence-electron chi connectivity index (χ2n) is 4.83. The van der Waals surface area contributed by atoms with Crippen molar-refractivity contribution in [1.82, 2.24) is 4.90 Å². The monoisotopic (exact) mass is 336 g/mol. The average molecular weight is 337 g/mol. The molecule has 0 spiro atoms. The Hall–Kier alpha value is -0.820. The van der Waals surface area contributed by atoms with Gasteiger partial charge in [-0.25, -0.2) is 8.42 Å². The van der Waals surface area contributed by atoms with Gasteiger partial charge >= 0.3 is 0 Å². The average Bonchev–Trinajstić information content (AvgIpc) is 2.73. The fourth-order valence-corrected chi connectivity index (χ4v) is 3.75. The topological polar surface area (TPSA) is 80.5 Å². The summed E-state index contributed by atoms with van der Waals surface area (Å²) in [5.41, 5.74) is 5.89. The minimum Gasteiger partial charge on any atom is -0.337 e. The highest BCUT2D eigenvalue weighted by molar-refractivity contribution is 7.90. The van der Waals surface area contributed by atoms with Crippen molar-refractivity contribution in [1.29, 1.82) is 0 Å². The minimum atomic E-state index is -3.53. The van der Waals surface area contributed by atoms with Gasteiger partial charge in [-0.1, -0.05) is 23.2 Å². The predicted molar refractivity (Wildman–Crippen MR) is 78.1 cm³/mol. The normalized spacial score (nSPS) is 19.4. The van der Waals surface area contributed by atoms with Crippen LogP contribution in [0, 0.1) is 0 Å². The number of hydrogen-bond acceptors (Lipinski definition) is 4. The van der Waals surface area contributed by atoms with Gasteiger partial charge in [0, 0.05) is 25.4 Å². The molecule has 110 valence electrons. The zero-order chi connectivity index (χ0) is 15.1. The van der Waals surface area contributed by atoms with Gasteiger partial charge in [0.2, 0.25) is 0 Å². The van der Waals surface area contributed by atoms with Crippen LogP contribution in [0.4, 0.5) is 0 Å². The molecule has 1 amide bonds. The molecule has 5 nitrogen and oxygen atoms in total. The number of halogens is 2. The molecule has 1 aromatic rings. The van der Waals surface area contributed by atoms with Crippen LogP contribution in [0.5, 0.6) is 0 Å². The minimum absolute atomic E-state index is 0.00664. The molecule has 0 unspecified atom stereocenters. The van der Waals surface area contributed by atoms with Crippen molar-refractivity contribution in [3.8, 4) is 0 Å². The van der Waals surface area contributed by atoms with Gasteiger partial charge in [-0.05, 0) is 18.6 Å². The molecule has 1 aliphatic rings. The van der Waals surface area contributed by atoms with Crippen molar-refractivity contribution in [2.24, 2.45) is 5.73 Å². The summed E-state index contributed by atoms with van der Waals surface area (Å²) in [6.07, 6.45) is 1.75. The van der Waals surface area contributed by atoms with E-state index in [0.29, 0.717) is 13.1 Å². The predicted octanol–water partition coefficient (Wildman–Crippen LogP) is 1.57. The van der Waals surface area contributed by atoms with E-state index in [1.807, 2.05) is 0 Å². The number of likely N-dealkylation sites (tertiary alicyclic amines) is 1. The standard InChI is InChI=1S/C12H14Cl2N2O3S/c1-20(18,19)11-4-8(9(13)5-10(11)14)12(17)16-3-2-7(15)6-16/h4-5,7H,2-3,6,15H2,1H3/t7-/m1/s1. The van der Waals surface area contributed by atoms with Crippen LogP contribution in [-0.4, -0.2) is 44.6 Å². The number of benzene rings is 1. The molecule has 0 saturated carbocycles. The van der Waals surface area contributed by atoms with Crippen molar-refractivity contribution < 1.29 is 13.2 Å². The highest BCUT2D eigenvalue weighted by atomic mass is 35.5. The fourth-order valence-electron chi connectivity index (χ4n) is 2.12. The third-order valence-corrected chi connectivity index (χ3v) is 5.04. The zero-order valence-corrected chi connectivity index (χ0v) is 13.1. The van der Waals surface area contributed by atoms with E-state index >= 15 is 0 Å². The molecular formula is C12H14Cl2N2O3S. The van der Waals surface area contributed by atoms with E-state index in [1.165, 1.54) is 12.1 Å². The number of nitrogens with zero attached hydrogens (tertiary/aromatic N) is 1. The van der Waals surface area contributed by atoms with E-state index in [9.17, 15) is 13.2 Å². The number of sulfone groups is 1.